The molecule has 0 aromatic rings. The third-order valence-corrected chi connectivity index (χ3v) is 3.55. The molecular weight excluding hydrogens is 220 g/mol. The molecule has 0 aromatic heterocycles. The first-order valence-electron chi connectivity index (χ1n) is 6.14. The second-order valence-corrected chi connectivity index (χ2v) is 5.62. The molecule has 1 saturated carbocycles. The molecule has 2 unspecified atom stereocenters. The molecule has 17 heavy (non-hydrogen) atoms. The largest absolute Gasteiger partial charge is 0.461 e. The molecule has 1 fully saturated rings. The Morgan fingerprint density at radius 2 is 1.94 bits per heavy atom. The fourth-order valence-electron chi connectivity index (χ4n) is 2.55. The number of methoxy groups -OCH3 is 1. The lowest BCUT2D eigenvalue weighted by molar-refractivity contribution is -0.171. The van der Waals surface area contributed by atoms with Gasteiger partial charge in [-0.2, -0.15) is 0 Å². The molecule has 4 heteroatoms. The van der Waals surface area contributed by atoms with E-state index < -0.39 is 11.9 Å². The van der Waals surface area contributed by atoms with Crippen molar-refractivity contribution in [1.29, 1.82) is 0 Å². The van der Waals surface area contributed by atoms with E-state index in [0.717, 1.165) is 19.3 Å². The fourth-order valence-corrected chi connectivity index (χ4v) is 2.55. The standard InChI is InChI=1S/C13H22O4/c1-9(17-12(15)11(14)16-4)10-6-5-7-13(2,3)8-10/h9-10H,5-8H2,1-4H3. The average Bonchev–Trinajstić information content (AvgIpc) is 2.26. The van der Waals surface area contributed by atoms with Crippen molar-refractivity contribution in [1.82, 2.24) is 0 Å². The second kappa shape index (κ2) is 5.52. The highest BCUT2D eigenvalue weighted by atomic mass is 16.6. The summed E-state index contributed by atoms with van der Waals surface area (Å²) in [5, 5.41) is 0. The van der Waals surface area contributed by atoms with E-state index in [1.807, 2.05) is 6.92 Å². The molecule has 0 heterocycles. The summed E-state index contributed by atoms with van der Waals surface area (Å²) in [5.41, 5.74) is 0.300. The third-order valence-electron chi connectivity index (χ3n) is 3.55. The Morgan fingerprint density at radius 1 is 1.29 bits per heavy atom. The van der Waals surface area contributed by atoms with Gasteiger partial charge in [-0.1, -0.05) is 20.3 Å². The highest BCUT2D eigenvalue weighted by Crippen LogP contribution is 2.40. The van der Waals surface area contributed by atoms with Crippen molar-refractivity contribution < 1.29 is 19.1 Å². The Balaban J connectivity index is 2.50. The minimum absolute atomic E-state index is 0.221. The van der Waals surface area contributed by atoms with Crippen LogP contribution in [0.1, 0.15) is 46.5 Å². The van der Waals surface area contributed by atoms with Crippen LogP contribution in [-0.4, -0.2) is 25.2 Å². The lowest BCUT2D eigenvalue weighted by Gasteiger charge is -2.37. The van der Waals surface area contributed by atoms with Gasteiger partial charge in [-0.05, 0) is 37.5 Å². The Kier molecular flexibility index (Phi) is 4.54. The predicted octanol–water partition coefficient (Wildman–Crippen LogP) is 2.31. The third kappa shape index (κ3) is 4.02. The molecule has 4 nitrogen and oxygen atoms in total. The van der Waals surface area contributed by atoms with E-state index in [1.54, 1.807) is 0 Å². The van der Waals surface area contributed by atoms with Crippen LogP contribution in [0, 0.1) is 11.3 Å². The second-order valence-electron chi connectivity index (χ2n) is 5.62. The van der Waals surface area contributed by atoms with Crippen LogP contribution in [0.15, 0.2) is 0 Å². The van der Waals surface area contributed by atoms with E-state index in [4.69, 9.17) is 4.74 Å². The Hall–Kier alpha value is -1.06. The number of carbonyl (C=O) groups is 2. The van der Waals surface area contributed by atoms with Gasteiger partial charge in [0.2, 0.25) is 0 Å². The van der Waals surface area contributed by atoms with Gasteiger partial charge in [-0.3, -0.25) is 0 Å². The zero-order valence-electron chi connectivity index (χ0n) is 11.1. The van der Waals surface area contributed by atoms with Gasteiger partial charge in [-0.25, -0.2) is 9.59 Å². The van der Waals surface area contributed by atoms with Crippen LogP contribution in [0.2, 0.25) is 0 Å². The van der Waals surface area contributed by atoms with E-state index in [-0.39, 0.29) is 6.10 Å². The highest BCUT2D eigenvalue weighted by molar-refractivity contribution is 6.29. The minimum atomic E-state index is -0.924. The summed E-state index contributed by atoms with van der Waals surface area (Å²) in [5.74, 6) is -1.47. The minimum Gasteiger partial charge on any atom is -0.461 e. The van der Waals surface area contributed by atoms with E-state index in [2.05, 4.69) is 18.6 Å². The highest BCUT2D eigenvalue weighted by Gasteiger charge is 2.33. The molecule has 0 bridgehead atoms. The first kappa shape index (κ1) is 14.0. The quantitative estimate of drug-likeness (QED) is 0.551. The maximum absolute atomic E-state index is 11.3. The zero-order chi connectivity index (χ0) is 13.1. The van der Waals surface area contributed by atoms with Crippen LogP contribution < -0.4 is 0 Å². The molecule has 0 radical (unpaired) electrons. The summed E-state index contributed by atoms with van der Waals surface area (Å²) >= 11 is 0. The van der Waals surface area contributed by atoms with E-state index in [0.29, 0.717) is 11.3 Å². The topological polar surface area (TPSA) is 52.6 Å². The lowest BCUT2D eigenvalue weighted by Crippen LogP contribution is -2.34. The molecule has 98 valence electrons. The van der Waals surface area contributed by atoms with Crippen LogP contribution in [0.5, 0.6) is 0 Å². The maximum Gasteiger partial charge on any atom is 0.417 e. The normalized spacial score (nSPS) is 24.8. The average molecular weight is 242 g/mol. The molecule has 0 amide bonds. The smallest absolute Gasteiger partial charge is 0.417 e. The van der Waals surface area contributed by atoms with Gasteiger partial charge in [-0.15, -0.1) is 0 Å². The van der Waals surface area contributed by atoms with Crippen molar-refractivity contribution >= 4 is 11.9 Å². The molecule has 0 saturated heterocycles. The molecule has 0 aromatic carbocycles. The van der Waals surface area contributed by atoms with Gasteiger partial charge >= 0.3 is 11.9 Å². The number of esters is 2. The summed E-state index contributed by atoms with van der Waals surface area (Å²) in [6.45, 7) is 6.31. The van der Waals surface area contributed by atoms with Gasteiger partial charge in [0.25, 0.3) is 0 Å². The Bertz CT molecular complexity index is 296. The summed E-state index contributed by atoms with van der Waals surface area (Å²) in [6, 6.07) is 0. The number of rotatable bonds is 2. The van der Waals surface area contributed by atoms with Gasteiger partial charge in [0.15, 0.2) is 0 Å². The van der Waals surface area contributed by atoms with E-state index in [9.17, 15) is 9.59 Å². The van der Waals surface area contributed by atoms with Gasteiger partial charge in [0.1, 0.15) is 6.10 Å². The number of carbonyl (C=O) groups excluding carboxylic acids is 2. The molecule has 0 spiro atoms. The van der Waals surface area contributed by atoms with Crippen LogP contribution >= 0.6 is 0 Å². The summed E-state index contributed by atoms with van der Waals surface area (Å²) in [7, 11) is 1.18. The molecule has 2 atom stereocenters. The zero-order valence-corrected chi connectivity index (χ0v) is 11.1. The van der Waals surface area contributed by atoms with Crippen molar-refractivity contribution in [2.45, 2.75) is 52.6 Å². The van der Waals surface area contributed by atoms with Crippen molar-refractivity contribution in [3.63, 3.8) is 0 Å². The molecule has 1 rings (SSSR count). The molecule has 0 N–H and O–H groups in total. The van der Waals surface area contributed by atoms with Crippen molar-refractivity contribution in [2.75, 3.05) is 7.11 Å². The first-order valence-corrected chi connectivity index (χ1v) is 6.14. The van der Waals surface area contributed by atoms with E-state index in [1.165, 1.54) is 13.5 Å². The lowest BCUT2D eigenvalue weighted by atomic mass is 9.71. The van der Waals surface area contributed by atoms with Crippen molar-refractivity contribution in [3.05, 3.63) is 0 Å². The van der Waals surface area contributed by atoms with Gasteiger partial charge in [0, 0.05) is 0 Å². The van der Waals surface area contributed by atoms with Crippen molar-refractivity contribution in [3.8, 4) is 0 Å². The number of hydrogen-bond donors (Lipinski definition) is 0. The monoisotopic (exact) mass is 242 g/mol. The Labute approximate surface area is 103 Å². The van der Waals surface area contributed by atoms with Gasteiger partial charge in [0.05, 0.1) is 7.11 Å². The summed E-state index contributed by atoms with van der Waals surface area (Å²) in [4.78, 5) is 22.3. The van der Waals surface area contributed by atoms with Crippen LogP contribution in [-0.2, 0) is 19.1 Å². The first-order chi connectivity index (χ1) is 7.85. The maximum atomic E-state index is 11.3. The predicted molar refractivity (Wildman–Crippen MR) is 63.3 cm³/mol. The van der Waals surface area contributed by atoms with Crippen LogP contribution in [0.25, 0.3) is 0 Å². The number of hydrogen-bond acceptors (Lipinski definition) is 4. The Morgan fingerprint density at radius 3 is 2.47 bits per heavy atom. The van der Waals surface area contributed by atoms with Crippen molar-refractivity contribution in [2.24, 2.45) is 11.3 Å². The SMILES string of the molecule is COC(=O)C(=O)OC(C)C1CCCC(C)(C)C1. The van der Waals surface area contributed by atoms with Crippen LogP contribution in [0.3, 0.4) is 0 Å². The molecule has 0 aliphatic heterocycles. The fraction of sp³-hybridized carbons (Fsp3) is 0.846. The van der Waals surface area contributed by atoms with Gasteiger partial charge < -0.3 is 9.47 Å². The van der Waals surface area contributed by atoms with Crippen LogP contribution in [0.4, 0.5) is 0 Å². The molecule has 1 aliphatic rings. The van der Waals surface area contributed by atoms with E-state index >= 15 is 0 Å². The summed E-state index contributed by atoms with van der Waals surface area (Å²) < 4.78 is 9.45. The molecule has 1 aliphatic carbocycles. The number of ether oxygens (including phenoxy) is 2. The molecular formula is C13H22O4. The summed E-state index contributed by atoms with van der Waals surface area (Å²) in [6.07, 6.45) is 4.22.